The van der Waals surface area contributed by atoms with Crippen molar-refractivity contribution in [3.8, 4) is 5.75 Å². The van der Waals surface area contributed by atoms with Gasteiger partial charge < -0.3 is 9.47 Å². The van der Waals surface area contributed by atoms with E-state index < -0.39 is 0 Å². The van der Waals surface area contributed by atoms with Gasteiger partial charge in [-0.05, 0) is 19.4 Å². The molecule has 0 atom stereocenters. The first-order chi connectivity index (χ1) is 9.65. The number of aromatic nitrogens is 1. The minimum Gasteiger partial charge on any atom is -0.493 e. The largest absolute Gasteiger partial charge is 0.493 e. The summed E-state index contributed by atoms with van der Waals surface area (Å²) >= 11 is 0. The average molecular weight is 279 g/mol. The lowest BCUT2D eigenvalue weighted by molar-refractivity contribution is -0.142. The minimum atomic E-state index is -0.298. The minimum absolute atomic E-state index is 0.203. The monoisotopic (exact) mass is 279 g/mol. The Morgan fingerprint density at radius 2 is 2.00 bits per heavy atom. The Morgan fingerprint density at radius 1 is 1.25 bits per heavy atom. The van der Waals surface area contributed by atoms with Gasteiger partial charge in [0.1, 0.15) is 12.4 Å². The zero-order valence-corrected chi connectivity index (χ0v) is 12.8. The van der Waals surface area contributed by atoms with Crippen LogP contribution in [0.1, 0.15) is 57.2 Å². The van der Waals surface area contributed by atoms with E-state index in [9.17, 15) is 4.79 Å². The summed E-state index contributed by atoms with van der Waals surface area (Å²) in [6.45, 7) is 6.47. The van der Waals surface area contributed by atoms with Crippen molar-refractivity contribution in [3.63, 3.8) is 0 Å². The molecule has 0 saturated carbocycles. The third kappa shape index (κ3) is 6.04. The third-order valence-electron chi connectivity index (χ3n) is 3.18. The van der Waals surface area contributed by atoms with E-state index in [0.29, 0.717) is 0 Å². The zero-order chi connectivity index (χ0) is 14.8. The Labute approximate surface area is 121 Å². The van der Waals surface area contributed by atoms with Crippen molar-refractivity contribution in [2.75, 3.05) is 6.61 Å². The predicted molar refractivity (Wildman–Crippen MR) is 78.7 cm³/mol. The first-order valence-corrected chi connectivity index (χ1v) is 7.35. The van der Waals surface area contributed by atoms with E-state index >= 15 is 0 Å². The molecule has 0 saturated heterocycles. The fraction of sp³-hybridized carbons (Fsp3) is 0.625. The van der Waals surface area contributed by atoms with Crippen LogP contribution in [0.4, 0.5) is 0 Å². The Hall–Kier alpha value is -1.58. The molecular weight excluding hydrogens is 254 g/mol. The van der Waals surface area contributed by atoms with E-state index in [-0.39, 0.29) is 12.6 Å². The van der Waals surface area contributed by atoms with Crippen molar-refractivity contribution in [1.29, 1.82) is 0 Å². The van der Waals surface area contributed by atoms with Gasteiger partial charge >= 0.3 is 5.97 Å². The fourth-order valence-corrected chi connectivity index (χ4v) is 1.92. The van der Waals surface area contributed by atoms with Gasteiger partial charge in [0.05, 0.1) is 12.3 Å². The van der Waals surface area contributed by atoms with Crippen molar-refractivity contribution < 1.29 is 14.3 Å². The van der Waals surface area contributed by atoms with E-state index in [1.54, 1.807) is 6.20 Å². The average Bonchev–Trinajstić information content (AvgIpc) is 2.43. The van der Waals surface area contributed by atoms with E-state index in [1.165, 1.54) is 32.6 Å². The number of nitrogens with zero attached hydrogens (tertiary/aromatic N) is 1. The van der Waals surface area contributed by atoms with Crippen molar-refractivity contribution in [2.45, 2.75) is 59.5 Å². The number of esters is 1. The molecule has 1 aromatic heterocycles. The van der Waals surface area contributed by atoms with Gasteiger partial charge in [-0.3, -0.25) is 9.78 Å². The molecule has 0 unspecified atom stereocenters. The van der Waals surface area contributed by atoms with Crippen molar-refractivity contribution in [1.82, 2.24) is 4.98 Å². The van der Waals surface area contributed by atoms with Gasteiger partial charge in [0, 0.05) is 18.7 Å². The highest BCUT2D eigenvalue weighted by Gasteiger charge is 2.07. The van der Waals surface area contributed by atoms with Gasteiger partial charge in [-0.2, -0.15) is 0 Å². The molecule has 0 aliphatic carbocycles. The molecule has 112 valence electrons. The van der Waals surface area contributed by atoms with Crippen LogP contribution in [0.2, 0.25) is 0 Å². The summed E-state index contributed by atoms with van der Waals surface area (Å²) in [6, 6.07) is 1.86. The molecule has 0 N–H and O–H groups in total. The maximum atomic E-state index is 10.8. The molecule has 0 spiro atoms. The molecular formula is C16H25NO3. The van der Waals surface area contributed by atoms with Crippen molar-refractivity contribution in [2.24, 2.45) is 0 Å². The van der Waals surface area contributed by atoms with Crippen LogP contribution in [0.15, 0.2) is 12.3 Å². The van der Waals surface area contributed by atoms with Crippen LogP contribution in [0.3, 0.4) is 0 Å². The molecule has 0 fully saturated rings. The molecule has 0 aliphatic heterocycles. The normalized spacial score (nSPS) is 10.3. The Kier molecular flexibility index (Phi) is 7.70. The molecule has 0 amide bonds. The van der Waals surface area contributed by atoms with E-state index in [4.69, 9.17) is 9.47 Å². The number of carbonyl (C=O) groups excluding carboxylic acids is 1. The van der Waals surface area contributed by atoms with Gasteiger partial charge in [0.2, 0.25) is 0 Å². The van der Waals surface area contributed by atoms with Crippen LogP contribution < -0.4 is 4.74 Å². The van der Waals surface area contributed by atoms with Crippen LogP contribution in [0, 0.1) is 6.92 Å². The second-order valence-electron chi connectivity index (χ2n) is 4.92. The number of hydrogen-bond acceptors (Lipinski definition) is 4. The van der Waals surface area contributed by atoms with Crippen molar-refractivity contribution in [3.05, 3.63) is 23.5 Å². The summed E-state index contributed by atoms with van der Waals surface area (Å²) in [5.41, 5.74) is 1.70. The van der Waals surface area contributed by atoms with Crippen LogP contribution in [0.25, 0.3) is 0 Å². The van der Waals surface area contributed by atoms with E-state index in [2.05, 4.69) is 11.9 Å². The number of pyridine rings is 1. The molecule has 4 heteroatoms. The number of hydrogen-bond donors (Lipinski definition) is 0. The second-order valence-corrected chi connectivity index (χ2v) is 4.92. The first-order valence-electron chi connectivity index (χ1n) is 7.35. The quantitative estimate of drug-likeness (QED) is 0.509. The number of carbonyl (C=O) groups is 1. The van der Waals surface area contributed by atoms with Crippen LogP contribution in [-0.4, -0.2) is 17.6 Å². The lowest BCUT2D eigenvalue weighted by Crippen LogP contribution is -2.05. The van der Waals surface area contributed by atoms with Gasteiger partial charge in [-0.25, -0.2) is 0 Å². The second kappa shape index (κ2) is 9.34. The standard InChI is InChI=1S/C16H25NO3/c1-4-5-6-7-8-11-19-16-9-10-17-15(13(16)2)12-20-14(3)18/h9-10H,4-8,11-12H2,1-3H3. The Balaban J connectivity index is 2.41. The predicted octanol–water partition coefficient (Wildman–Crippen LogP) is 3.80. The highest BCUT2D eigenvalue weighted by atomic mass is 16.5. The lowest BCUT2D eigenvalue weighted by Gasteiger charge is -2.12. The van der Waals surface area contributed by atoms with E-state index in [0.717, 1.165) is 30.0 Å². The Morgan fingerprint density at radius 3 is 2.70 bits per heavy atom. The smallest absolute Gasteiger partial charge is 0.303 e. The molecule has 0 radical (unpaired) electrons. The van der Waals surface area contributed by atoms with Crippen LogP contribution >= 0.6 is 0 Å². The summed E-state index contributed by atoms with van der Waals surface area (Å²) in [6.07, 6.45) is 7.79. The molecule has 1 rings (SSSR count). The Bertz CT molecular complexity index is 418. The SMILES string of the molecule is CCCCCCCOc1ccnc(COC(C)=O)c1C. The fourth-order valence-electron chi connectivity index (χ4n) is 1.92. The first kappa shape index (κ1) is 16.5. The molecule has 1 heterocycles. The molecule has 0 aliphatic rings. The topological polar surface area (TPSA) is 48.4 Å². The summed E-state index contributed by atoms with van der Waals surface area (Å²) in [4.78, 5) is 15.1. The maximum absolute atomic E-state index is 10.8. The molecule has 0 aromatic carbocycles. The summed E-state index contributed by atoms with van der Waals surface area (Å²) in [7, 11) is 0. The van der Waals surface area contributed by atoms with Crippen LogP contribution in [0.5, 0.6) is 5.75 Å². The van der Waals surface area contributed by atoms with Gasteiger partial charge in [0.15, 0.2) is 0 Å². The zero-order valence-electron chi connectivity index (χ0n) is 12.8. The lowest BCUT2D eigenvalue weighted by atomic mass is 10.1. The summed E-state index contributed by atoms with van der Waals surface area (Å²) < 4.78 is 10.8. The third-order valence-corrected chi connectivity index (χ3v) is 3.18. The summed E-state index contributed by atoms with van der Waals surface area (Å²) in [5.74, 6) is 0.533. The van der Waals surface area contributed by atoms with Gasteiger partial charge in [0.25, 0.3) is 0 Å². The maximum Gasteiger partial charge on any atom is 0.303 e. The van der Waals surface area contributed by atoms with Crippen molar-refractivity contribution >= 4 is 5.97 Å². The molecule has 0 bridgehead atoms. The number of ether oxygens (including phenoxy) is 2. The highest BCUT2D eigenvalue weighted by molar-refractivity contribution is 5.65. The highest BCUT2D eigenvalue weighted by Crippen LogP contribution is 2.20. The molecule has 20 heavy (non-hydrogen) atoms. The summed E-state index contributed by atoms with van der Waals surface area (Å²) in [5, 5.41) is 0. The number of unbranched alkanes of at least 4 members (excludes halogenated alkanes) is 4. The molecule has 4 nitrogen and oxygen atoms in total. The molecule has 1 aromatic rings. The van der Waals surface area contributed by atoms with E-state index in [1.807, 2.05) is 13.0 Å². The van der Waals surface area contributed by atoms with Gasteiger partial charge in [-0.1, -0.05) is 32.6 Å². The van der Waals surface area contributed by atoms with Gasteiger partial charge in [-0.15, -0.1) is 0 Å². The number of rotatable bonds is 9. The van der Waals surface area contributed by atoms with Crippen LogP contribution in [-0.2, 0) is 16.1 Å².